The SMILES string of the molecule is C=CC(=Nc1c(C(=O)C(C)(C)C)c[nH]c1C)c1cc(SC)cc(N2CCCC2)c1. The third-order valence-electron chi connectivity index (χ3n) is 5.29. The van der Waals surface area contributed by atoms with Crippen molar-refractivity contribution in [3.8, 4) is 0 Å². The first-order valence-electron chi connectivity index (χ1n) is 10.1. The molecular formula is C24H31N3OS. The molecule has 1 N–H and O–H groups in total. The molecule has 0 radical (unpaired) electrons. The summed E-state index contributed by atoms with van der Waals surface area (Å²) in [4.78, 5) is 24.6. The van der Waals surface area contributed by atoms with Crippen LogP contribution >= 0.6 is 11.8 Å². The Morgan fingerprint density at radius 2 is 1.93 bits per heavy atom. The summed E-state index contributed by atoms with van der Waals surface area (Å²) in [5.41, 5.74) is 4.81. The van der Waals surface area contributed by atoms with Crippen LogP contribution in [0, 0.1) is 12.3 Å². The molecule has 5 heteroatoms. The molecule has 1 aliphatic heterocycles. The zero-order chi connectivity index (χ0) is 21.2. The van der Waals surface area contributed by atoms with Crippen LogP contribution in [0.15, 0.2) is 46.9 Å². The molecule has 0 spiro atoms. The Morgan fingerprint density at radius 3 is 2.52 bits per heavy atom. The number of anilines is 1. The summed E-state index contributed by atoms with van der Waals surface area (Å²) in [6.45, 7) is 14.0. The van der Waals surface area contributed by atoms with E-state index in [4.69, 9.17) is 4.99 Å². The lowest BCUT2D eigenvalue weighted by molar-refractivity contribution is 0.0859. The highest BCUT2D eigenvalue weighted by molar-refractivity contribution is 7.98. The molecule has 0 bridgehead atoms. The highest BCUT2D eigenvalue weighted by Crippen LogP contribution is 2.32. The molecule has 154 valence electrons. The number of carbonyl (C=O) groups is 1. The van der Waals surface area contributed by atoms with Crippen molar-refractivity contribution in [2.45, 2.75) is 45.4 Å². The van der Waals surface area contributed by atoms with Gasteiger partial charge in [-0.1, -0.05) is 27.4 Å². The summed E-state index contributed by atoms with van der Waals surface area (Å²) in [6.07, 6.45) is 8.12. The Bertz CT molecular complexity index is 944. The average molecular weight is 410 g/mol. The standard InChI is InChI=1S/C24H31N3OS/c1-7-21(26-22-16(2)25-15-20(22)23(28)24(3,4)5)17-12-18(14-19(13-17)29-6)27-10-8-9-11-27/h7,12-15,25H,1,8-11H2,2-6H3. The van der Waals surface area contributed by atoms with Crippen LogP contribution in [-0.2, 0) is 0 Å². The lowest BCUT2D eigenvalue weighted by atomic mass is 9.87. The Morgan fingerprint density at radius 1 is 1.24 bits per heavy atom. The van der Waals surface area contributed by atoms with E-state index in [2.05, 4.69) is 40.9 Å². The van der Waals surface area contributed by atoms with Crippen molar-refractivity contribution in [3.63, 3.8) is 0 Å². The Balaban J connectivity index is 2.08. The normalized spacial score (nSPS) is 15.1. The molecule has 2 aromatic rings. The number of Topliss-reactive ketones (excluding diaryl/α,β-unsaturated/α-hetero) is 1. The fourth-order valence-corrected chi connectivity index (χ4v) is 4.08. The first-order valence-corrected chi connectivity index (χ1v) is 11.4. The van der Waals surface area contributed by atoms with E-state index in [1.807, 2.05) is 27.7 Å². The lowest BCUT2D eigenvalue weighted by Gasteiger charge is -2.20. The Labute approximate surface area is 178 Å². The highest BCUT2D eigenvalue weighted by atomic mass is 32.2. The van der Waals surface area contributed by atoms with Crippen LogP contribution < -0.4 is 4.90 Å². The lowest BCUT2D eigenvalue weighted by Crippen LogP contribution is -2.19. The van der Waals surface area contributed by atoms with Gasteiger partial charge < -0.3 is 9.88 Å². The molecule has 1 aromatic carbocycles. The summed E-state index contributed by atoms with van der Waals surface area (Å²) >= 11 is 1.73. The van der Waals surface area contributed by atoms with Crippen LogP contribution in [0.4, 0.5) is 11.4 Å². The number of rotatable bonds is 6. The largest absolute Gasteiger partial charge is 0.371 e. The minimum absolute atomic E-state index is 0.0830. The van der Waals surface area contributed by atoms with Gasteiger partial charge in [-0.05, 0) is 50.3 Å². The van der Waals surface area contributed by atoms with Gasteiger partial charge in [-0.15, -0.1) is 11.8 Å². The number of nitrogens with one attached hydrogen (secondary N) is 1. The monoisotopic (exact) mass is 409 g/mol. The predicted molar refractivity (Wildman–Crippen MR) is 125 cm³/mol. The number of aromatic nitrogens is 1. The van der Waals surface area contributed by atoms with Gasteiger partial charge in [0.1, 0.15) is 0 Å². The first-order chi connectivity index (χ1) is 13.7. The maximum atomic E-state index is 12.9. The number of carbonyl (C=O) groups excluding carboxylic acids is 1. The van der Waals surface area contributed by atoms with E-state index in [-0.39, 0.29) is 5.78 Å². The smallest absolute Gasteiger partial charge is 0.171 e. The molecule has 0 saturated carbocycles. The van der Waals surface area contributed by atoms with Crippen molar-refractivity contribution in [1.29, 1.82) is 0 Å². The molecule has 0 amide bonds. The predicted octanol–water partition coefficient (Wildman–Crippen LogP) is 6.18. The quantitative estimate of drug-likeness (QED) is 0.352. The molecule has 29 heavy (non-hydrogen) atoms. The van der Waals surface area contributed by atoms with Gasteiger partial charge in [-0.25, -0.2) is 4.99 Å². The molecular weight excluding hydrogens is 378 g/mol. The van der Waals surface area contributed by atoms with E-state index in [1.54, 1.807) is 24.0 Å². The number of ketones is 1. The zero-order valence-corrected chi connectivity index (χ0v) is 18.9. The third kappa shape index (κ3) is 4.67. The molecule has 0 atom stereocenters. The average Bonchev–Trinajstić information content (AvgIpc) is 3.34. The number of benzene rings is 1. The van der Waals surface area contributed by atoms with Gasteiger partial charge in [0.05, 0.1) is 17.0 Å². The van der Waals surface area contributed by atoms with E-state index >= 15 is 0 Å². The van der Waals surface area contributed by atoms with Crippen LogP contribution in [0.25, 0.3) is 0 Å². The summed E-state index contributed by atoms with van der Waals surface area (Å²) in [6, 6.07) is 6.59. The van der Waals surface area contributed by atoms with Gasteiger partial charge in [-0.3, -0.25) is 4.79 Å². The van der Waals surface area contributed by atoms with Crippen molar-refractivity contribution >= 4 is 34.6 Å². The number of hydrogen-bond donors (Lipinski definition) is 1. The van der Waals surface area contributed by atoms with Gasteiger partial charge in [0.15, 0.2) is 5.78 Å². The molecule has 0 unspecified atom stereocenters. The van der Waals surface area contributed by atoms with Crippen LogP contribution in [0.2, 0.25) is 0 Å². The molecule has 3 rings (SSSR count). The van der Waals surface area contributed by atoms with E-state index in [9.17, 15) is 4.79 Å². The summed E-state index contributed by atoms with van der Waals surface area (Å²) < 4.78 is 0. The minimum Gasteiger partial charge on any atom is -0.371 e. The molecule has 0 aliphatic carbocycles. The maximum absolute atomic E-state index is 12.9. The Kier molecular flexibility index (Phi) is 6.37. The van der Waals surface area contributed by atoms with Crippen molar-refractivity contribution < 1.29 is 4.79 Å². The number of nitrogens with zero attached hydrogens (tertiary/aromatic N) is 2. The second-order valence-corrected chi connectivity index (χ2v) is 9.45. The van der Waals surface area contributed by atoms with Crippen LogP contribution in [0.1, 0.15) is 55.2 Å². The van der Waals surface area contributed by atoms with Gasteiger partial charge in [0.25, 0.3) is 0 Å². The van der Waals surface area contributed by atoms with Gasteiger partial charge in [0, 0.05) is 46.5 Å². The summed E-state index contributed by atoms with van der Waals surface area (Å²) in [7, 11) is 0. The number of hydrogen-bond acceptors (Lipinski definition) is 4. The number of thioether (sulfide) groups is 1. The van der Waals surface area contributed by atoms with E-state index in [0.717, 1.165) is 30.1 Å². The van der Waals surface area contributed by atoms with E-state index in [0.29, 0.717) is 11.3 Å². The van der Waals surface area contributed by atoms with Crippen molar-refractivity contribution in [2.24, 2.45) is 10.4 Å². The molecule has 1 saturated heterocycles. The summed E-state index contributed by atoms with van der Waals surface area (Å²) in [5, 5.41) is 0. The van der Waals surface area contributed by atoms with E-state index < -0.39 is 5.41 Å². The second kappa shape index (κ2) is 8.62. The first kappa shape index (κ1) is 21.4. The number of H-pyrrole nitrogens is 1. The number of allylic oxidation sites excluding steroid dienone is 1. The molecule has 2 heterocycles. The molecule has 4 nitrogen and oxygen atoms in total. The van der Waals surface area contributed by atoms with Crippen molar-refractivity contribution in [3.05, 3.63) is 53.9 Å². The number of aromatic amines is 1. The fourth-order valence-electron chi connectivity index (χ4n) is 3.60. The van der Waals surface area contributed by atoms with Crippen molar-refractivity contribution in [2.75, 3.05) is 24.2 Å². The van der Waals surface area contributed by atoms with Crippen LogP contribution in [0.3, 0.4) is 0 Å². The maximum Gasteiger partial charge on any atom is 0.171 e. The van der Waals surface area contributed by atoms with Gasteiger partial charge in [-0.2, -0.15) is 0 Å². The van der Waals surface area contributed by atoms with Gasteiger partial charge >= 0.3 is 0 Å². The minimum atomic E-state index is -0.463. The Hall–Kier alpha value is -2.27. The third-order valence-corrected chi connectivity index (χ3v) is 6.00. The van der Waals surface area contributed by atoms with Crippen LogP contribution in [0.5, 0.6) is 0 Å². The molecule has 1 aliphatic rings. The molecule has 1 aromatic heterocycles. The topological polar surface area (TPSA) is 48.5 Å². The fraction of sp³-hybridized carbons (Fsp3) is 0.417. The summed E-state index contributed by atoms with van der Waals surface area (Å²) in [5.74, 6) is 0.0830. The van der Waals surface area contributed by atoms with Crippen molar-refractivity contribution in [1.82, 2.24) is 4.98 Å². The second-order valence-electron chi connectivity index (χ2n) is 8.57. The van der Waals surface area contributed by atoms with Gasteiger partial charge in [0.2, 0.25) is 0 Å². The number of aryl methyl sites for hydroxylation is 1. The zero-order valence-electron chi connectivity index (χ0n) is 18.1. The van der Waals surface area contributed by atoms with Crippen LogP contribution in [-0.4, -0.2) is 35.8 Å². The highest BCUT2D eigenvalue weighted by Gasteiger charge is 2.27. The van der Waals surface area contributed by atoms with E-state index in [1.165, 1.54) is 23.4 Å². The molecule has 1 fully saturated rings. The number of aliphatic imine (C=N–C) groups is 1.